The molecular weight excluding hydrogens is 300 g/mol. The molecule has 4 heteroatoms. The van der Waals surface area contributed by atoms with E-state index in [1.54, 1.807) is 6.07 Å². The third kappa shape index (κ3) is 2.34. The minimum atomic E-state index is 0.0819. The maximum Gasteiger partial charge on any atom is 0.139 e. The average Bonchev–Trinajstić information content (AvgIpc) is 2.58. The van der Waals surface area contributed by atoms with Crippen molar-refractivity contribution in [3.8, 4) is 17.2 Å². The van der Waals surface area contributed by atoms with Crippen LogP contribution >= 0.6 is 0 Å². The summed E-state index contributed by atoms with van der Waals surface area (Å²) in [6, 6.07) is 20.6. The van der Waals surface area contributed by atoms with Crippen LogP contribution in [0.4, 0.5) is 11.4 Å². The second-order valence-corrected chi connectivity index (χ2v) is 5.72. The number of phenols is 1. The molecule has 0 amide bonds. The van der Waals surface area contributed by atoms with Gasteiger partial charge in [0.2, 0.25) is 0 Å². The monoisotopic (exact) mass is 316 g/mol. The molecule has 0 radical (unpaired) electrons. The zero-order valence-corrected chi connectivity index (χ0v) is 12.9. The number of hydrogen-bond donors (Lipinski definition) is 3. The minimum absolute atomic E-state index is 0.0819. The van der Waals surface area contributed by atoms with Crippen molar-refractivity contribution in [2.45, 2.75) is 0 Å². The van der Waals surface area contributed by atoms with Gasteiger partial charge in [-0.3, -0.25) is 0 Å². The van der Waals surface area contributed by atoms with Crippen LogP contribution in [0.1, 0.15) is 0 Å². The van der Waals surface area contributed by atoms with E-state index < -0.39 is 0 Å². The van der Waals surface area contributed by atoms with E-state index in [9.17, 15) is 5.11 Å². The van der Waals surface area contributed by atoms with E-state index in [1.807, 2.05) is 60.7 Å². The number of nitrogen functional groups attached to an aromatic ring is 2. The molecule has 4 rings (SSSR count). The highest BCUT2D eigenvalue weighted by atomic mass is 16.5. The standard InChI is InChI=1S/C20H16N2O2/c21-18-11-15(10-12-3-1-2-4-16(12)18)24-14-6-7-17-13(9-14)5-8-19(23)20(17)22/h1-11,23H,21-22H2. The van der Waals surface area contributed by atoms with Crippen LogP contribution in [-0.4, -0.2) is 5.11 Å². The van der Waals surface area contributed by atoms with Crippen LogP contribution in [0, 0.1) is 0 Å². The van der Waals surface area contributed by atoms with Gasteiger partial charge in [0.1, 0.15) is 17.2 Å². The summed E-state index contributed by atoms with van der Waals surface area (Å²) < 4.78 is 5.96. The van der Waals surface area contributed by atoms with E-state index in [4.69, 9.17) is 16.2 Å². The predicted octanol–water partition coefficient (Wildman–Crippen LogP) is 4.66. The van der Waals surface area contributed by atoms with Gasteiger partial charge >= 0.3 is 0 Å². The second kappa shape index (κ2) is 5.35. The van der Waals surface area contributed by atoms with Crippen molar-refractivity contribution in [2.24, 2.45) is 0 Å². The summed E-state index contributed by atoms with van der Waals surface area (Å²) in [6.45, 7) is 0. The lowest BCUT2D eigenvalue weighted by molar-refractivity contribution is 0.478. The molecule has 0 unspecified atom stereocenters. The molecule has 0 aliphatic carbocycles. The summed E-state index contributed by atoms with van der Waals surface area (Å²) in [4.78, 5) is 0. The second-order valence-electron chi connectivity index (χ2n) is 5.72. The first-order valence-corrected chi connectivity index (χ1v) is 7.59. The Morgan fingerprint density at radius 2 is 1.46 bits per heavy atom. The molecule has 0 bridgehead atoms. The maximum absolute atomic E-state index is 9.68. The topological polar surface area (TPSA) is 81.5 Å². The number of anilines is 2. The van der Waals surface area contributed by atoms with Crippen molar-refractivity contribution >= 4 is 32.9 Å². The first-order chi connectivity index (χ1) is 11.6. The van der Waals surface area contributed by atoms with E-state index in [0.29, 0.717) is 22.9 Å². The quantitative estimate of drug-likeness (QED) is 0.371. The Bertz CT molecular complexity index is 1070. The summed E-state index contributed by atoms with van der Waals surface area (Å²) >= 11 is 0. The Kier molecular flexibility index (Phi) is 3.17. The first kappa shape index (κ1) is 14.2. The Labute approximate surface area is 138 Å². The fourth-order valence-electron chi connectivity index (χ4n) is 2.89. The van der Waals surface area contributed by atoms with Gasteiger partial charge in [0, 0.05) is 22.5 Å². The largest absolute Gasteiger partial charge is 0.506 e. The molecular formula is C20H16N2O2. The highest BCUT2D eigenvalue weighted by Gasteiger charge is 2.07. The molecule has 0 saturated carbocycles. The Morgan fingerprint density at radius 3 is 2.33 bits per heavy atom. The van der Waals surface area contributed by atoms with Gasteiger partial charge in [-0.2, -0.15) is 0 Å². The number of aromatic hydroxyl groups is 1. The third-order valence-electron chi connectivity index (χ3n) is 4.11. The van der Waals surface area contributed by atoms with E-state index in [-0.39, 0.29) is 5.75 Å². The van der Waals surface area contributed by atoms with Gasteiger partial charge in [-0.25, -0.2) is 0 Å². The van der Waals surface area contributed by atoms with Crippen LogP contribution in [0.3, 0.4) is 0 Å². The van der Waals surface area contributed by atoms with E-state index >= 15 is 0 Å². The van der Waals surface area contributed by atoms with Crippen LogP contribution in [-0.2, 0) is 0 Å². The number of hydrogen-bond acceptors (Lipinski definition) is 4. The molecule has 0 atom stereocenters. The Morgan fingerprint density at radius 1 is 0.708 bits per heavy atom. The molecule has 4 aromatic carbocycles. The molecule has 0 heterocycles. The fourth-order valence-corrected chi connectivity index (χ4v) is 2.89. The molecule has 4 aromatic rings. The van der Waals surface area contributed by atoms with Gasteiger partial charge in [-0.1, -0.05) is 30.3 Å². The van der Waals surface area contributed by atoms with Gasteiger partial charge in [-0.05, 0) is 41.1 Å². The number of phenolic OH excluding ortho intramolecular Hbond substituents is 1. The maximum atomic E-state index is 9.68. The SMILES string of the molecule is Nc1cc(Oc2ccc3c(N)c(O)ccc3c2)cc2ccccc12. The van der Waals surface area contributed by atoms with Crippen molar-refractivity contribution < 1.29 is 9.84 Å². The van der Waals surface area contributed by atoms with Gasteiger partial charge in [-0.15, -0.1) is 0 Å². The normalized spacial score (nSPS) is 11.0. The van der Waals surface area contributed by atoms with Crippen molar-refractivity contribution in [3.05, 3.63) is 66.7 Å². The van der Waals surface area contributed by atoms with Gasteiger partial charge in [0.25, 0.3) is 0 Å². The molecule has 24 heavy (non-hydrogen) atoms. The molecule has 4 nitrogen and oxygen atoms in total. The van der Waals surface area contributed by atoms with E-state index in [2.05, 4.69) is 0 Å². The Hall–Kier alpha value is -3.40. The average molecular weight is 316 g/mol. The zero-order valence-electron chi connectivity index (χ0n) is 12.9. The van der Waals surface area contributed by atoms with Gasteiger partial charge < -0.3 is 21.3 Å². The lowest BCUT2D eigenvalue weighted by atomic mass is 10.1. The first-order valence-electron chi connectivity index (χ1n) is 7.59. The summed E-state index contributed by atoms with van der Waals surface area (Å²) in [5.41, 5.74) is 13.1. The van der Waals surface area contributed by atoms with Gasteiger partial charge in [0.15, 0.2) is 0 Å². The minimum Gasteiger partial charge on any atom is -0.506 e. The highest BCUT2D eigenvalue weighted by Crippen LogP contribution is 2.34. The highest BCUT2D eigenvalue weighted by molar-refractivity contribution is 5.97. The zero-order chi connectivity index (χ0) is 16.7. The smallest absolute Gasteiger partial charge is 0.139 e. The molecule has 0 aromatic heterocycles. The van der Waals surface area contributed by atoms with Crippen molar-refractivity contribution in [1.29, 1.82) is 0 Å². The number of nitrogens with two attached hydrogens (primary N) is 2. The number of benzene rings is 4. The summed E-state index contributed by atoms with van der Waals surface area (Å²) in [5, 5.41) is 13.4. The number of fused-ring (bicyclic) bond motifs is 2. The van der Waals surface area contributed by atoms with Crippen LogP contribution in [0.15, 0.2) is 66.7 Å². The summed E-state index contributed by atoms with van der Waals surface area (Å²) in [6.07, 6.45) is 0. The van der Waals surface area contributed by atoms with E-state index in [0.717, 1.165) is 21.5 Å². The van der Waals surface area contributed by atoms with Crippen molar-refractivity contribution in [2.75, 3.05) is 11.5 Å². The molecule has 5 N–H and O–H groups in total. The summed E-state index contributed by atoms with van der Waals surface area (Å²) in [7, 11) is 0. The lowest BCUT2D eigenvalue weighted by Gasteiger charge is -2.11. The fraction of sp³-hybridized carbons (Fsp3) is 0. The van der Waals surface area contributed by atoms with Crippen LogP contribution in [0.2, 0.25) is 0 Å². The molecule has 0 aliphatic heterocycles. The molecule has 0 spiro atoms. The lowest BCUT2D eigenvalue weighted by Crippen LogP contribution is -1.91. The van der Waals surface area contributed by atoms with Crippen LogP contribution in [0.5, 0.6) is 17.2 Å². The van der Waals surface area contributed by atoms with Crippen molar-refractivity contribution in [1.82, 2.24) is 0 Å². The predicted molar refractivity (Wildman–Crippen MR) is 98.5 cm³/mol. The van der Waals surface area contributed by atoms with Crippen LogP contribution < -0.4 is 16.2 Å². The van der Waals surface area contributed by atoms with Crippen molar-refractivity contribution in [3.63, 3.8) is 0 Å². The van der Waals surface area contributed by atoms with Crippen LogP contribution in [0.25, 0.3) is 21.5 Å². The third-order valence-corrected chi connectivity index (χ3v) is 4.11. The molecule has 0 aliphatic rings. The van der Waals surface area contributed by atoms with E-state index in [1.165, 1.54) is 0 Å². The molecule has 118 valence electrons. The number of rotatable bonds is 2. The Balaban J connectivity index is 1.75. The molecule has 0 fully saturated rings. The molecule has 0 saturated heterocycles. The van der Waals surface area contributed by atoms with Gasteiger partial charge in [0.05, 0.1) is 5.69 Å². The number of ether oxygens (including phenoxy) is 1. The summed E-state index contributed by atoms with van der Waals surface area (Å²) in [5.74, 6) is 1.44.